The van der Waals surface area contributed by atoms with E-state index in [0.29, 0.717) is 6.54 Å². The van der Waals surface area contributed by atoms with E-state index in [0.717, 1.165) is 49.5 Å². The summed E-state index contributed by atoms with van der Waals surface area (Å²) in [7, 11) is 0. The van der Waals surface area contributed by atoms with Gasteiger partial charge < -0.3 is 10.2 Å². The average Bonchev–Trinajstić information content (AvgIpc) is 3.22. The molecule has 2 aromatic carbocycles. The Kier molecular flexibility index (Phi) is 4.64. The fraction of sp³-hybridized carbons (Fsp3) is 0.250. The Bertz CT molecular complexity index is 1030. The Morgan fingerprint density at radius 2 is 1.66 bits per heavy atom. The number of aromatic nitrogens is 1. The standard InChI is InChI=1S/C24H24N4O/c29-24(28-14-12-20-6-3-4-8-22(20)28)26-16-18-9-10-23(25-15-18)27-13-11-19-5-1-2-7-21(19)17-27/h1-10,15H,11-14,16-17H2,(H,26,29). The van der Waals surface area contributed by atoms with Gasteiger partial charge in [-0.3, -0.25) is 4.90 Å². The number of nitrogens with zero attached hydrogens (tertiary/aromatic N) is 3. The molecule has 5 nitrogen and oxygen atoms in total. The van der Waals surface area contributed by atoms with Gasteiger partial charge in [0.05, 0.1) is 0 Å². The molecule has 1 N–H and O–H groups in total. The molecule has 5 heteroatoms. The van der Waals surface area contributed by atoms with Gasteiger partial charge >= 0.3 is 6.03 Å². The van der Waals surface area contributed by atoms with E-state index in [1.807, 2.05) is 29.3 Å². The second-order valence-electron chi connectivity index (χ2n) is 7.65. The van der Waals surface area contributed by atoms with E-state index in [1.54, 1.807) is 0 Å². The number of nitrogens with one attached hydrogen (secondary N) is 1. The first kappa shape index (κ1) is 17.7. The van der Waals surface area contributed by atoms with Gasteiger partial charge in [0, 0.05) is 38.1 Å². The molecule has 2 amide bonds. The van der Waals surface area contributed by atoms with Crippen LogP contribution in [0.25, 0.3) is 0 Å². The summed E-state index contributed by atoms with van der Waals surface area (Å²) in [6.07, 6.45) is 3.83. The maximum absolute atomic E-state index is 12.6. The van der Waals surface area contributed by atoms with Gasteiger partial charge in [0.1, 0.15) is 5.82 Å². The van der Waals surface area contributed by atoms with Crippen LogP contribution in [-0.4, -0.2) is 24.1 Å². The normalized spacial score (nSPS) is 15.0. The van der Waals surface area contributed by atoms with Crippen molar-refractivity contribution in [2.24, 2.45) is 0 Å². The number of amides is 2. The lowest BCUT2D eigenvalue weighted by molar-refractivity contribution is 0.246. The quantitative estimate of drug-likeness (QED) is 0.745. The zero-order valence-corrected chi connectivity index (χ0v) is 16.3. The SMILES string of the molecule is O=C(NCc1ccc(N2CCc3ccccc3C2)nc1)N1CCc2ccccc21. The maximum atomic E-state index is 12.6. The number of rotatable bonds is 3. The Morgan fingerprint density at radius 1 is 0.897 bits per heavy atom. The summed E-state index contributed by atoms with van der Waals surface area (Å²) in [4.78, 5) is 21.4. The van der Waals surface area contributed by atoms with Crippen LogP contribution in [0, 0.1) is 0 Å². The molecular weight excluding hydrogens is 360 g/mol. The molecular formula is C24H24N4O. The van der Waals surface area contributed by atoms with Crippen LogP contribution in [0.3, 0.4) is 0 Å². The second kappa shape index (κ2) is 7.59. The molecule has 29 heavy (non-hydrogen) atoms. The van der Waals surface area contributed by atoms with Gasteiger partial charge in [-0.2, -0.15) is 0 Å². The molecule has 0 aliphatic carbocycles. The zero-order valence-electron chi connectivity index (χ0n) is 16.3. The van der Waals surface area contributed by atoms with Crippen LogP contribution >= 0.6 is 0 Å². The van der Waals surface area contributed by atoms with E-state index in [2.05, 4.69) is 57.7 Å². The lowest BCUT2D eigenvalue weighted by atomic mass is 10.00. The molecule has 2 aliphatic heterocycles. The molecule has 5 rings (SSSR count). The number of anilines is 2. The van der Waals surface area contributed by atoms with Gasteiger partial charge in [0.25, 0.3) is 0 Å². The third-order valence-corrected chi connectivity index (χ3v) is 5.84. The maximum Gasteiger partial charge on any atom is 0.322 e. The molecule has 0 fully saturated rings. The van der Waals surface area contributed by atoms with Crippen molar-refractivity contribution in [2.75, 3.05) is 22.9 Å². The van der Waals surface area contributed by atoms with Crippen LogP contribution in [0.5, 0.6) is 0 Å². The Morgan fingerprint density at radius 3 is 2.48 bits per heavy atom. The predicted molar refractivity (Wildman–Crippen MR) is 115 cm³/mol. The summed E-state index contributed by atoms with van der Waals surface area (Å²) in [6.45, 7) is 3.09. The van der Waals surface area contributed by atoms with Crippen LogP contribution in [0.4, 0.5) is 16.3 Å². The first-order valence-corrected chi connectivity index (χ1v) is 10.2. The summed E-state index contributed by atoms with van der Waals surface area (Å²) >= 11 is 0. The highest BCUT2D eigenvalue weighted by Gasteiger charge is 2.23. The molecule has 0 radical (unpaired) electrons. The third kappa shape index (κ3) is 3.56. The summed E-state index contributed by atoms with van der Waals surface area (Å²) in [5, 5.41) is 3.03. The molecule has 0 bridgehead atoms. The number of pyridine rings is 1. The molecule has 0 saturated carbocycles. The Hall–Kier alpha value is -3.34. The Labute approximate surface area is 171 Å². The number of hydrogen-bond acceptors (Lipinski definition) is 3. The van der Waals surface area contributed by atoms with Crippen LogP contribution < -0.4 is 15.1 Å². The smallest absolute Gasteiger partial charge is 0.322 e. The van der Waals surface area contributed by atoms with Crippen LogP contribution in [0.15, 0.2) is 66.9 Å². The highest BCUT2D eigenvalue weighted by Crippen LogP contribution is 2.27. The van der Waals surface area contributed by atoms with Gasteiger partial charge in [-0.15, -0.1) is 0 Å². The summed E-state index contributed by atoms with van der Waals surface area (Å²) in [5.41, 5.74) is 6.07. The molecule has 1 aromatic heterocycles. The highest BCUT2D eigenvalue weighted by atomic mass is 16.2. The second-order valence-corrected chi connectivity index (χ2v) is 7.65. The molecule has 3 heterocycles. The van der Waals surface area contributed by atoms with E-state index in [9.17, 15) is 4.79 Å². The largest absolute Gasteiger partial charge is 0.352 e. The number of benzene rings is 2. The van der Waals surface area contributed by atoms with E-state index in [4.69, 9.17) is 0 Å². The number of urea groups is 1. The topological polar surface area (TPSA) is 48.5 Å². The van der Waals surface area contributed by atoms with E-state index >= 15 is 0 Å². The summed E-state index contributed by atoms with van der Waals surface area (Å²) < 4.78 is 0. The van der Waals surface area contributed by atoms with Crippen molar-refractivity contribution >= 4 is 17.5 Å². The minimum absolute atomic E-state index is 0.0494. The van der Waals surface area contributed by atoms with Gasteiger partial charge in [-0.05, 0) is 47.2 Å². The number of carbonyl (C=O) groups is 1. The minimum atomic E-state index is -0.0494. The molecule has 146 valence electrons. The number of carbonyl (C=O) groups excluding carboxylic acids is 1. The molecule has 0 saturated heterocycles. The van der Waals surface area contributed by atoms with Crippen molar-refractivity contribution in [1.29, 1.82) is 0 Å². The van der Waals surface area contributed by atoms with Crippen LogP contribution in [0.1, 0.15) is 22.3 Å². The van der Waals surface area contributed by atoms with Crippen molar-refractivity contribution in [3.63, 3.8) is 0 Å². The van der Waals surface area contributed by atoms with Crippen molar-refractivity contribution in [2.45, 2.75) is 25.9 Å². The first-order valence-electron chi connectivity index (χ1n) is 10.2. The van der Waals surface area contributed by atoms with Crippen molar-refractivity contribution in [1.82, 2.24) is 10.3 Å². The van der Waals surface area contributed by atoms with Crippen molar-refractivity contribution in [3.8, 4) is 0 Å². The lowest BCUT2D eigenvalue weighted by Gasteiger charge is -2.29. The fourth-order valence-corrected chi connectivity index (χ4v) is 4.22. The predicted octanol–water partition coefficient (Wildman–Crippen LogP) is 3.92. The van der Waals surface area contributed by atoms with Crippen LogP contribution in [-0.2, 0) is 25.9 Å². The third-order valence-electron chi connectivity index (χ3n) is 5.84. The van der Waals surface area contributed by atoms with E-state index in [1.165, 1.54) is 16.7 Å². The molecule has 3 aromatic rings. The van der Waals surface area contributed by atoms with Gasteiger partial charge in [0.2, 0.25) is 0 Å². The molecule has 2 aliphatic rings. The molecule has 0 spiro atoms. The van der Waals surface area contributed by atoms with Crippen molar-refractivity contribution < 1.29 is 4.79 Å². The van der Waals surface area contributed by atoms with Gasteiger partial charge in [-0.1, -0.05) is 48.5 Å². The lowest BCUT2D eigenvalue weighted by Crippen LogP contribution is -2.38. The van der Waals surface area contributed by atoms with E-state index in [-0.39, 0.29) is 6.03 Å². The number of para-hydroxylation sites is 1. The molecule has 0 atom stereocenters. The highest BCUT2D eigenvalue weighted by molar-refractivity contribution is 5.94. The number of fused-ring (bicyclic) bond motifs is 2. The fourth-order valence-electron chi connectivity index (χ4n) is 4.22. The summed E-state index contributed by atoms with van der Waals surface area (Å²) in [5.74, 6) is 0.989. The zero-order chi connectivity index (χ0) is 19.6. The number of hydrogen-bond donors (Lipinski definition) is 1. The monoisotopic (exact) mass is 384 g/mol. The Balaban J connectivity index is 1.20. The van der Waals surface area contributed by atoms with Gasteiger partial charge in [-0.25, -0.2) is 9.78 Å². The first-order chi connectivity index (χ1) is 14.3. The van der Waals surface area contributed by atoms with Gasteiger partial charge in [0.15, 0.2) is 0 Å². The molecule has 0 unspecified atom stereocenters. The average molecular weight is 384 g/mol. The minimum Gasteiger partial charge on any atom is -0.352 e. The summed E-state index contributed by atoms with van der Waals surface area (Å²) in [6, 6.07) is 20.8. The van der Waals surface area contributed by atoms with Crippen LogP contribution in [0.2, 0.25) is 0 Å². The van der Waals surface area contributed by atoms with Crippen molar-refractivity contribution in [3.05, 3.63) is 89.1 Å². The van der Waals surface area contributed by atoms with E-state index < -0.39 is 0 Å².